The van der Waals surface area contributed by atoms with Gasteiger partial charge >= 0.3 is 0 Å². The summed E-state index contributed by atoms with van der Waals surface area (Å²) in [5.41, 5.74) is 1.62. The maximum Gasteiger partial charge on any atom is 0.295 e. The molecule has 29 heavy (non-hydrogen) atoms. The smallest absolute Gasteiger partial charge is 0.295 e. The Morgan fingerprint density at radius 1 is 1.24 bits per heavy atom. The minimum atomic E-state index is -1.00. The third-order valence-corrected chi connectivity index (χ3v) is 5.27. The summed E-state index contributed by atoms with van der Waals surface area (Å²) in [6.07, 6.45) is 0. The number of hydrogen-bond acceptors (Lipinski definition) is 5. The molecule has 1 aromatic heterocycles. The van der Waals surface area contributed by atoms with Gasteiger partial charge in [-0.15, -0.1) is 0 Å². The van der Waals surface area contributed by atoms with Gasteiger partial charge in [0.2, 0.25) is 0 Å². The molecular weight excluding hydrogens is 375 g/mol. The number of Topliss-reactive ketones (excluding diaryl/α,β-unsaturated/α-hetero) is 1. The van der Waals surface area contributed by atoms with Crippen molar-refractivity contribution < 1.29 is 19.1 Å². The summed E-state index contributed by atoms with van der Waals surface area (Å²) in [6, 6.07) is 4.99. The van der Waals surface area contributed by atoms with Crippen LogP contribution in [0.4, 0.5) is 4.39 Å². The molecule has 0 radical (unpaired) electrons. The molecule has 1 amide bonds. The van der Waals surface area contributed by atoms with Crippen molar-refractivity contribution in [1.82, 2.24) is 19.6 Å². The summed E-state index contributed by atoms with van der Waals surface area (Å²) in [5, 5.41) is 15.4. The molecule has 1 aromatic carbocycles. The molecule has 1 N–H and O–H groups in total. The Morgan fingerprint density at radius 3 is 2.45 bits per heavy atom. The zero-order valence-electron chi connectivity index (χ0n) is 17.2. The average molecular weight is 400 g/mol. The second kappa shape index (κ2) is 7.79. The fraction of sp³-hybridized carbons (Fsp3) is 0.381. The van der Waals surface area contributed by atoms with Gasteiger partial charge in [-0.25, -0.2) is 4.39 Å². The van der Waals surface area contributed by atoms with Crippen molar-refractivity contribution in [3.05, 3.63) is 58.2 Å². The van der Waals surface area contributed by atoms with E-state index in [9.17, 15) is 19.1 Å². The van der Waals surface area contributed by atoms with Crippen LogP contribution in [0.5, 0.6) is 0 Å². The van der Waals surface area contributed by atoms with Gasteiger partial charge in [0.05, 0.1) is 22.9 Å². The van der Waals surface area contributed by atoms with Crippen molar-refractivity contribution in [1.29, 1.82) is 0 Å². The summed E-state index contributed by atoms with van der Waals surface area (Å²) >= 11 is 0. The van der Waals surface area contributed by atoms with Crippen LogP contribution < -0.4 is 0 Å². The molecule has 0 spiro atoms. The summed E-state index contributed by atoms with van der Waals surface area (Å²) in [6.45, 7) is 4.18. The molecule has 8 heteroatoms. The molecule has 7 nitrogen and oxygen atoms in total. The minimum Gasteiger partial charge on any atom is -0.507 e. The Bertz CT molecular complexity index is 1010. The number of halogens is 1. The van der Waals surface area contributed by atoms with Crippen molar-refractivity contribution in [2.75, 3.05) is 27.2 Å². The Kier molecular flexibility index (Phi) is 5.57. The molecule has 1 aliphatic heterocycles. The number of ketones is 1. The largest absolute Gasteiger partial charge is 0.507 e. The second-order valence-corrected chi connectivity index (χ2v) is 7.49. The maximum absolute atomic E-state index is 14.7. The highest BCUT2D eigenvalue weighted by Gasteiger charge is 2.47. The molecule has 1 unspecified atom stereocenters. The number of hydrogen-bond donors (Lipinski definition) is 1. The van der Waals surface area contributed by atoms with Crippen molar-refractivity contribution >= 4 is 17.4 Å². The standard InChI is InChI=1S/C21H25FN4O3/c1-12-16(13(2)25(5)23-12)19(27)17-18(14-8-6-7-9-15(14)22)26(11-10-24(3)4)21(29)20(17)28/h6-9,18,27H,10-11H2,1-5H3. The van der Waals surface area contributed by atoms with E-state index in [0.717, 1.165) is 0 Å². The van der Waals surface area contributed by atoms with Crippen LogP contribution in [0.3, 0.4) is 0 Å². The maximum atomic E-state index is 14.7. The topological polar surface area (TPSA) is 78.7 Å². The number of likely N-dealkylation sites (tertiary alicyclic amines) is 1. The van der Waals surface area contributed by atoms with E-state index in [1.165, 1.54) is 17.0 Å². The van der Waals surface area contributed by atoms with Crippen molar-refractivity contribution in [2.24, 2.45) is 7.05 Å². The molecule has 154 valence electrons. The number of carbonyl (C=O) groups is 2. The first-order valence-corrected chi connectivity index (χ1v) is 9.33. The first-order chi connectivity index (χ1) is 13.6. The molecule has 0 saturated carbocycles. The van der Waals surface area contributed by atoms with E-state index in [2.05, 4.69) is 5.10 Å². The number of likely N-dealkylation sites (N-methyl/N-ethyl adjacent to an activating group) is 1. The fourth-order valence-corrected chi connectivity index (χ4v) is 3.69. The van der Waals surface area contributed by atoms with Crippen LogP contribution >= 0.6 is 0 Å². The third kappa shape index (κ3) is 3.55. The Labute approximate surface area is 169 Å². The van der Waals surface area contributed by atoms with Crippen molar-refractivity contribution in [3.63, 3.8) is 0 Å². The first kappa shape index (κ1) is 20.7. The number of aryl methyl sites for hydroxylation is 2. The molecule has 1 saturated heterocycles. The molecule has 2 heterocycles. The van der Waals surface area contributed by atoms with Gasteiger partial charge in [-0.2, -0.15) is 5.10 Å². The highest BCUT2D eigenvalue weighted by Crippen LogP contribution is 2.40. The number of aliphatic hydroxyl groups is 1. The molecule has 1 fully saturated rings. The quantitative estimate of drug-likeness (QED) is 0.473. The monoisotopic (exact) mass is 400 g/mol. The zero-order valence-corrected chi connectivity index (χ0v) is 17.2. The van der Waals surface area contributed by atoms with Crippen molar-refractivity contribution in [2.45, 2.75) is 19.9 Å². The van der Waals surface area contributed by atoms with Gasteiger partial charge in [-0.1, -0.05) is 18.2 Å². The summed E-state index contributed by atoms with van der Waals surface area (Å²) in [4.78, 5) is 28.9. The number of aliphatic hydroxyl groups excluding tert-OH is 1. The van der Waals surface area contributed by atoms with Gasteiger partial charge in [-0.3, -0.25) is 14.3 Å². The normalized spacial score (nSPS) is 18.9. The highest BCUT2D eigenvalue weighted by molar-refractivity contribution is 6.46. The summed E-state index contributed by atoms with van der Waals surface area (Å²) in [7, 11) is 5.41. The Morgan fingerprint density at radius 2 is 1.90 bits per heavy atom. The molecular formula is C21H25FN4O3. The number of aromatic nitrogens is 2. The third-order valence-electron chi connectivity index (χ3n) is 5.27. The first-order valence-electron chi connectivity index (χ1n) is 9.33. The summed E-state index contributed by atoms with van der Waals surface area (Å²) < 4.78 is 16.3. The van der Waals surface area contributed by atoms with Crippen LogP contribution in [0, 0.1) is 19.7 Å². The number of benzene rings is 1. The fourth-order valence-electron chi connectivity index (χ4n) is 3.69. The number of nitrogens with zero attached hydrogens (tertiary/aromatic N) is 4. The van der Waals surface area contributed by atoms with Gasteiger partial charge in [-0.05, 0) is 34.0 Å². The van der Waals surface area contributed by atoms with E-state index in [-0.39, 0.29) is 23.4 Å². The number of amides is 1. The molecule has 1 aliphatic rings. The van der Waals surface area contributed by atoms with Gasteiger partial charge in [0.25, 0.3) is 11.7 Å². The van der Waals surface area contributed by atoms with Gasteiger partial charge in [0.1, 0.15) is 11.6 Å². The van der Waals surface area contributed by atoms with E-state index >= 15 is 0 Å². The minimum absolute atomic E-state index is 0.113. The predicted molar refractivity (Wildman–Crippen MR) is 107 cm³/mol. The number of carbonyl (C=O) groups excluding carboxylic acids is 2. The van der Waals surface area contributed by atoms with Crippen LogP contribution in [0.1, 0.15) is 28.6 Å². The summed E-state index contributed by atoms with van der Waals surface area (Å²) in [5.74, 6) is -2.44. The highest BCUT2D eigenvalue weighted by atomic mass is 19.1. The SMILES string of the molecule is Cc1nn(C)c(C)c1C(O)=C1C(=O)C(=O)N(CCN(C)C)C1c1ccccc1F. The lowest BCUT2D eigenvalue weighted by molar-refractivity contribution is -0.140. The number of rotatable bonds is 5. The van der Waals surface area contributed by atoms with E-state index in [0.29, 0.717) is 23.5 Å². The Balaban J connectivity index is 2.24. The van der Waals surface area contributed by atoms with Crippen LogP contribution in [0.2, 0.25) is 0 Å². The van der Waals surface area contributed by atoms with E-state index in [1.54, 1.807) is 37.7 Å². The average Bonchev–Trinajstić information content (AvgIpc) is 3.06. The van der Waals surface area contributed by atoms with E-state index in [1.807, 2.05) is 19.0 Å². The van der Waals surface area contributed by atoms with Gasteiger partial charge in [0, 0.05) is 31.4 Å². The molecule has 0 aliphatic carbocycles. The Hall–Kier alpha value is -3.00. The van der Waals surface area contributed by atoms with Crippen LogP contribution in [-0.4, -0.2) is 63.6 Å². The lowest BCUT2D eigenvalue weighted by atomic mass is 9.94. The lowest BCUT2D eigenvalue weighted by Crippen LogP contribution is -2.35. The predicted octanol–water partition coefficient (Wildman–Crippen LogP) is 2.16. The molecule has 3 rings (SSSR count). The molecule has 0 bridgehead atoms. The van der Waals surface area contributed by atoms with Gasteiger partial charge in [0.15, 0.2) is 0 Å². The zero-order chi connectivity index (χ0) is 21.5. The second-order valence-electron chi connectivity index (χ2n) is 7.49. The molecule has 1 atom stereocenters. The van der Waals surface area contributed by atoms with E-state index in [4.69, 9.17) is 0 Å². The lowest BCUT2D eigenvalue weighted by Gasteiger charge is -2.26. The van der Waals surface area contributed by atoms with Crippen LogP contribution in [0.15, 0.2) is 29.8 Å². The van der Waals surface area contributed by atoms with Crippen molar-refractivity contribution in [3.8, 4) is 0 Å². The van der Waals surface area contributed by atoms with E-state index < -0.39 is 23.5 Å². The van der Waals surface area contributed by atoms with Crippen LogP contribution in [-0.2, 0) is 16.6 Å². The molecule has 2 aromatic rings. The van der Waals surface area contributed by atoms with Crippen LogP contribution in [0.25, 0.3) is 5.76 Å². The van der Waals surface area contributed by atoms with Gasteiger partial charge < -0.3 is 14.9 Å².